The summed E-state index contributed by atoms with van der Waals surface area (Å²) in [6, 6.07) is 10.8. The SMILES string of the molecule is CC(C)NC(=O)C1(Cc2ccc(-c3ccsc3)cc2)CCN(C(=O)C2CNNC2C)C1. The van der Waals surface area contributed by atoms with Gasteiger partial charge in [0.1, 0.15) is 0 Å². The summed E-state index contributed by atoms with van der Waals surface area (Å²) in [5.74, 6) is 0.0984. The second-order valence-electron chi connectivity index (χ2n) is 9.22. The number of hydrogen-bond donors (Lipinski definition) is 3. The number of rotatable bonds is 6. The summed E-state index contributed by atoms with van der Waals surface area (Å²) in [6.07, 6.45) is 1.32. The van der Waals surface area contributed by atoms with Crippen LogP contribution in [0.5, 0.6) is 0 Å². The minimum Gasteiger partial charge on any atom is -0.353 e. The normalized spacial score (nSPS) is 25.9. The summed E-state index contributed by atoms with van der Waals surface area (Å²) in [5, 5.41) is 7.34. The summed E-state index contributed by atoms with van der Waals surface area (Å²) >= 11 is 1.69. The van der Waals surface area contributed by atoms with Crippen LogP contribution in [0.15, 0.2) is 41.1 Å². The highest BCUT2D eigenvalue weighted by molar-refractivity contribution is 7.08. The third-order valence-electron chi connectivity index (χ3n) is 6.49. The first kappa shape index (κ1) is 22.0. The first-order valence-corrected chi connectivity index (χ1v) is 12.0. The van der Waals surface area contributed by atoms with Crippen LogP contribution in [-0.4, -0.2) is 48.4 Å². The van der Waals surface area contributed by atoms with E-state index in [2.05, 4.69) is 57.3 Å². The minimum atomic E-state index is -0.591. The molecular formula is C24H32N4O2S. The van der Waals surface area contributed by atoms with Crippen molar-refractivity contribution in [3.8, 4) is 11.1 Å². The zero-order valence-electron chi connectivity index (χ0n) is 18.5. The highest BCUT2D eigenvalue weighted by Gasteiger charge is 2.47. The van der Waals surface area contributed by atoms with Crippen LogP contribution in [0.4, 0.5) is 0 Å². The summed E-state index contributed by atoms with van der Waals surface area (Å²) in [7, 11) is 0. The number of likely N-dealkylation sites (tertiary alicyclic amines) is 1. The van der Waals surface area contributed by atoms with Gasteiger partial charge in [0.2, 0.25) is 11.8 Å². The van der Waals surface area contributed by atoms with Gasteiger partial charge in [-0.3, -0.25) is 20.4 Å². The second-order valence-corrected chi connectivity index (χ2v) is 10.0. The number of hydrogen-bond acceptors (Lipinski definition) is 5. The molecule has 166 valence electrons. The van der Waals surface area contributed by atoms with E-state index in [-0.39, 0.29) is 29.8 Å². The maximum absolute atomic E-state index is 13.3. The summed E-state index contributed by atoms with van der Waals surface area (Å²) in [6.45, 7) is 7.71. The van der Waals surface area contributed by atoms with Crippen LogP contribution in [0.1, 0.15) is 32.8 Å². The van der Waals surface area contributed by atoms with Crippen molar-refractivity contribution in [2.24, 2.45) is 11.3 Å². The Balaban J connectivity index is 1.53. The molecule has 4 rings (SSSR count). The Bertz CT molecular complexity index is 912. The number of nitrogens with zero attached hydrogens (tertiary/aromatic N) is 1. The Kier molecular flexibility index (Phi) is 6.46. The van der Waals surface area contributed by atoms with E-state index in [9.17, 15) is 9.59 Å². The largest absolute Gasteiger partial charge is 0.353 e. The van der Waals surface area contributed by atoms with Gasteiger partial charge in [-0.05, 0) is 67.1 Å². The fourth-order valence-corrected chi connectivity index (χ4v) is 5.33. The van der Waals surface area contributed by atoms with Crippen molar-refractivity contribution in [2.45, 2.75) is 45.7 Å². The predicted molar refractivity (Wildman–Crippen MR) is 124 cm³/mol. The number of carbonyl (C=O) groups is 2. The van der Waals surface area contributed by atoms with E-state index < -0.39 is 5.41 Å². The highest BCUT2D eigenvalue weighted by atomic mass is 32.1. The Morgan fingerprint density at radius 2 is 2.00 bits per heavy atom. The van der Waals surface area contributed by atoms with Gasteiger partial charge in [0.05, 0.1) is 11.3 Å². The molecular weight excluding hydrogens is 408 g/mol. The smallest absolute Gasteiger partial charge is 0.228 e. The Labute approximate surface area is 188 Å². The maximum atomic E-state index is 13.3. The van der Waals surface area contributed by atoms with Crippen molar-refractivity contribution in [3.05, 3.63) is 46.7 Å². The van der Waals surface area contributed by atoms with Gasteiger partial charge < -0.3 is 10.2 Å². The number of nitrogens with one attached hydrogen (secondary N) is 3. The van der Waals surface area contributed by atoms with Crippen molar-refractivity contribution >= 4 is 23.2 Å². The molecule has 1 aromatic heterocycles. The number of benzene rings is 1. The van der Waals surface area contributed by atoms with Gasteiger partial charge in [-0.2, -0.15) is 11.3 Å². The van der Waals surface area contributed by atoms with E-state index in [1.807, 2.05) is 25.7 Å². The molecule has 3 N–H and O–H groups in total. The molecule has 2 aliphatic heterocycles. The molecule has 1 aromatic carbocycles. The standard InChI is InChI=1S/C24H32N4O2S/c1-16(2)26-23(30)24(9-10-28(15-24)22(29)21-13-25-27-17(21)3)12-18-4-6-19(7-5-18)20-8-11-31-14-20/h4-8,11,14,16-17,21,25,27H,9-10,12-13,15H2,1-3H3,(H,26,30). The van der Waals surface area contributed by atoms with Crippen molar-refractivity contribution in [2.75, 3.05) is 19.6 Å². The van der Waals surface area contributed by atoms with Gasteiger partial charge in [0.15, 0.2) is 0 Å². The number of thiophene rings is 1. The van der Waals surface area contributed by atoms with Gasteiger partial charge in [-0.1, -0.05) is 24.3 Å². The summed E-state index contributed by atoms with van der Waals surface area (Å²) in [5.41, 5.74) is 9.14. The number of amides is 2. The topological polar surface area (TPSA) is 73.5 Å². The molecule has 7 heteroatoms. The zero-order valence-corrected chi connectivity index (χ0v) is 19.3. The lowest BCUT2D eigenvalue weighted by molar-refractivity contribution is -0.136. The minimum absolute atomic E-state index is 0.0513. The Morgan fingerprint density at radius 1 is 1.23 bits per heavy atom. The Morgan fingerprint density at radius 3 is 2.61 bits per heavy atom. The van der Waals surface area contributed by atoms with Crippen LogP contribution in [0, 0.1) is 11.3 Å². The first-order valence-electron chi connectivity index (χ1n) is 11.1. The molecule has 0 radical (unpaired) electrons. The summed E-state index contributed by atoms with van der Waals surface area (Å²) in [4.78, 5) is 28.3. The van der Waals surface area contributed by atoms with Gasteiger partial charge in [-0.15, -0.1) is 0 Å². The Hall–Kier alpha value is -2.22. The monoisotopic (exact) mass is 440 g/mol. The van der Waals surface area contributed by atoms with Gasteiger partial charge in [0.25, 0.3) is 0 Å². The number of hydrazine groups is 1. The lowest BCUT2D eigenvalue weighted by Crippen LogP contribution is -2.48. The van der Waals surface area contributed by atoms with E-state index in [4.69, 9.17) is 0 Å². The van der Waals surface area contributed by atoms with Crippen molar-refractivity contribution in [1.82, 2.24) is 21.1 Å². The van der Waals surface area contributed by atoms with Crippen LogP contribution in [0.25, 0.3) is 11.1 Å². The molecule has 0 aliphatic carbocycles. The van der Waals surface area contributed by atoms with Gasteiger partial charge in [-0.25, -0.2) is 0 Å². The molecule has 2 fully saturated rings. The lowest BCUT2D eigenvalue weighted by atomic mass is 9.79. The van der Waals surface area contributed by atoms with Gasteiger partial charge >= 0.3 is 0 Å². The highest BCUT2D eigenvalue weighted by Crippen LogP contribution is 2.36. The molecule has 3 heterocycles. The molecule has 0 bridgehead atoms. The van der Waals surface area contributed by atoms with Crippen molar-refractivity contribution in [1.29, 1.82) is 0 Å². The van der Waals surface area contributed by atoms with Crippen LogP contribution >= 0.6 is 11.3 Å². The second kappa shape index (κ2) is 9.10. The van der Waals surface area contributed by atoms with Crippen molar-refractivity contribution in [3.63, 3.8) is 0 Å². The van der Waals surface area contributed by atoms with E-state index in [1.54, 1.807) is 11.3 Å². The lowest BCUT2D eigenvalue weighted by Gasteiger charge is -2.30. The van der Waals surface area contributed by atoms with E-state index in [0.717, 1.165) is 5.56 Å². The predicted octanol–water partition coefficient (Wildman–Crippen LogP) is 2.81. The quantitative estimate of drug-likeness (QED) is 0.646. The van der Waals surface area contributed by atoms with E-state index in [1.165, 1.54) is 11.1 Å². The van der Waals surface area contributed by atoms with Crippen molar-refractivity contribution < 1.29 is 9.59 Å². The van der Waals surface area contributed by atoms with Crippen LogP contribution < -0.4 is 16.2 Å². The van der Waals surface area contributed by atoms with Crippen LogP contribution in [-0.2, 0) is 16.0 Å². The van der Waals surface area contributed by atoms with Gasteiger partial charge in [0, 0.05) is 31.7 Å². The molecule has 0 saturated carbocycles. The number of carbonyl (C=O) groups excluding carboxylic acids is 2. The molecule has 2 aliphatic rings. The summed E-state index contributed by atoms with van der Waals surface area (Å²) < 4.78 is 0. The molecule has 0 spiro atoms. The molecule has 2 aromatic rings. The van der Waals surface area contributed by atoms with E-state index >= 15 is 0 Å². The van der Waals surface area contributed by atoms with Crippen LogP contribution in [0.2, 0.25) is 0 Å². The first-order chi connectivity index (χ1) is 14.9. The molecule has 6 nitrogen and oxygen atoms in total. The maximum Gasteiger partial charge on any atom is 0.228 e. The molecule has 3 unspecified atom stereocenters. The third kappa shape index (κ3) is 4.68. The zero-order chi connectivity index (χ0) is 22.0. The average Bonchev–Trinajstić information content (AvgIpc) is 3.49. The van der Waals surface area contributed by atoms with Crippen LogP contribution in [0.3, 0.4) is 0 Å². The third-order valence-corrected chi connectivity index (χ3v) is 7.17. The molecule has 2 amide bonds. The fourth-order valence-electron chi connectivity index (χ4n) is 4.66. The van der Waals surface area contributed by atoms with E-state index in [0.29, 0.717) is 32.5 Å². The average molecular weight is 441 g/mol. The fraction of sp³-hybridized carbons (Fsp3) is 0.500. The molecule has 2 saturated heterocycles. The molecule has 31 heavy (non-hydrogen) atoms. The molecule has 3 atom stereocenters.